The second-order valence-corrected chi connectivity index (χ2v) is 5.72. The van der Waals surface area contributed by atoms with E-state index in [2.05, 4.69) is 11.9 Å². The highest BCUT2D eigenvalue weighted by molar-refractivity contribution is 6.05. The van der Waals surface area contributed by atoms with Gasteiger partial charge in [0.05, 0.1) is 10.5 Å². The highest BCUT2D eigenvalue weighted by Crippen LogP contribution is 2.35. The first-order chi connectivity index (χ1) is 12.0. The number of amides is 1. The van der Waals surface area contributed by atoms with E-state index in [0.29, 0.717) is 16.8 Å². The van der Waals surface area contributed by atoms with Crippen LogP contribution in [-0.4, -0.2) is 17.0 Å². The smallest absolute Gasteiger partial charge is 0.321 e. The van der Waals surface area contributed by atoms with Crippen LogP contribution in [0.15, 0.2) is 43.0 Å². The SMILES string of the molecule is C=C(c1cc(C)c(NC(=O)c2cccc([N+](=O)[O-])c2)c(C)c1)C(F)(F)F. The molecule has 0 fully saturated rings. The minimum Gasteiger partial charge on any atom is -0.321 e. The molecule has 8 heteroatoms. The Bertz CT molecular complexity index is 882. The Balaban J connectivity index is 2.33. The van der Waals surface area contributed by atoms with Gasteiger partial charge in [0.15, 0.2) is 0 Å². The van der Waals surface area contributed by atoms with E-state index >= 15 is 0 Å². The standard InChI is InChI=1S/C18H15F3N2O3/c1-10-7-14(12(3)18(19,20)21)8-11(2)16(10)22-17(24)13-5-4-6-15(9-13)23(25)26/h4-9H,3H2,1-2H3,(H,22,24). The number of nitrogens with zero attached hydrogens (tertiary/aromatic N) is 1. The summed E-state index contributed by atoms with van der Waals surface area (Å²) in [6.45, 7) is 6.18. The third-order valence-electron chi connectivity index (χ3n) is 3.78. The number of carbonyl (C=O) groups excluding carboxylic acids is 1. The van der Waals surface area contributed by atoms with Crippen molar-refractivity contribution in [2.24, 2.45) is 0 Å². The summed E-state index contributed by atoms with van der Waals surface area (Å²) in [5.41, 5.74) is -0.0283. The normalized spacial score (nSPS) is 11.1. The number of hydrogen-bond donors (Lipinski definition) is 1. The number of carbonyl (C=O) groups is 1. The molecule has 1 N–H and O–H groups in total. The monoisotopic (exact) mass is 364 g/mol. The average molecular weight is 364 g/mol. The molecule has 0 atom stereocenters. The molecule has 0 radical (unpaired) electrons. The summed E-state index contributed by atoms with van der Waals surface area (Å²) >= 11 is 0. The molecule has 0 aliphatic heterocycles. The van der Waals surface area contributed by atoms with Gasteiger partial charge in [0.2, 0.25) is 0 Å². The number of allylic oxidation sites excluding steroid dienone is 1. The Morgan fingerprint density at radius 3 is 2.19 bits per heavy atom. The maximum atomic E-state index is 12.8. The topological polar surface area (TPSA) is 72.2 Å². The van der Waals surface area contributed by atoms with Gasteiger partial charge in [0.1, 0.15) is 0 Å². The van der Waals surface area contributed by atoms with Crippen molar-refractivity contribution >= 4 is 22.9 Å². The third kappa shape index (κ3) is 4.08. The number of halogens is 3. The van der Waals surface area contributed by atoms with Crippen LogP contribution in [0.2, 0.25) is 0 Å². The van der Waals surface area contributed by atoms with Gasteiger partial charge in [-0.1, -0.05) is 12.6 Å². The van der Waals surface area contributed by atoms with Crippen molar-refractivity contribution < 1.29 is 22.9 Å². The average Bonchev–Trinajstić information content (AvgIpc) is 2.56. The molecule has 26 heavy (non-hydrogen) atoms. The van der Waals surface area contributed by atoms with E-state index < -0.39 is 22.6 Å². The molecule has 136 valence electrons. The second kappa shape index (κ2) is 6.99. The molecule has 0 aromatic heterocycles. The minimum atomic E-state index is -4.55. The van der Waals surface area contributed by atoms with Crippen LogP contribution in [0.1, 0.15) is 27.0 Å². The predicted octanol–water partition coefficient (Wildman–Crippen LogP) is 5.04. The number of nitrogens with one attached hydrogen (secondary N) is 1. The largest absolute Gasteiger partial charge is 0.416 e. The predicted molar refractivity (Wildman–Crippen MR) is 92.1 cm³/mol. The number of nitro groups is 1. The molecule has 0 unspecified atom stereocenters. The summed E-state index contributed by atoms with van der Waals surface area (Å²) in [5.74, 6) is -0.595. The van der Waals surface area contributed by atoms with Crippen LogP contribution in [0.3, 0.4) is 0 Å². The number of benzene rings is 2. The van der Waals surface area contributed by atoms with Crippen LogP contribution in [0.5, 0.6) is 0 Å². The number of hydrogen-bond acceptors (Lipinski definition) is 3. The summed E-state index contributed by atoms with van der Waals surface area (Å²) in [7, 11) is 0. The molecule has 2 rings (SSSR count). The summed E-state index contributed by atoms with van der Waals surface area (Å²) in [5, 5.41) is 13.4. The van der Waals surface area contributed by atoms with E-state index in [9.17, 15) is 28.1 Å². The molecular formula is C18H15F3N2O3. The zero-order valence-corrected chi connectivity index (χ0v) is 14.0. The van der Waals surface area contributed by atoms with E-state index in [-0.39, 0.29) is 16.8 Å². The van der Waals surface area contributed by atoms with Crippen molar-refractivity contribution in [1.29, 1.82) is 0 Å². The molecule has 0 bridgehead atoms. The number of nitro benzene ring substituents is 1. The first-order valence-corrected chi connectivity index (χ1v) is 7.44. The van der Waals surface area contributed by atoms with E-state index in [0.717, 1.165) is 6.07 Å². The van der Waals surface area contributed by atoms with Gasteiger partial charge < -0.3 is 5.32 Å². The van der Waals surface area contributed by atoms with Gasteiger partial charge >= 0.3 is 6.18 Å². The lowest BCUT2D eigenvalue weighted by molar-refractivity contribution is -0.384. The number of anilines is 1. The fraction of sp³-hybridized carbons (Fsp3) is 0.167. The van der Waals surface area contributed by atoms with Crippen LogP contribution in [-0.2, 0) is 0 Å². The summed E-state index contributed by atoms with van der Waals surface area (Å²) in [6, 6.07) is 7.73. The summed E-state index contributed by atoms with van der Waals surface area (Å²) in [4.78, 5) is 22.5. The Morgan fingerprint density at radius 2 is 1.69 bits per heavy atom. The summed E-state index contributed by atoms with van der Waals surface area (Å²) < 4.78 is 38.4. The van der Waals surface area contributed by atoms with Gasteiger partial charge in [0.25, 0.3) is 11.6 Å². The quantitative estimate of drug-likeness (QED) is 0.610. The van der Waals surface area contributed by atoms with Crippen molar-refractivity contribution in [1.82, 2.24) is 0 Å². The van der Waals surface area contributed by atoms with Gasteiger partial charge in [-0.15, -0.1) is 0 Å². The summed E-state index contributed by atoms with van der Waals surface area (Å²) in [6.07, 6.45) is -4.55. The molecule has 0 aliphatic carbocycles. The lowest BCUT2D eigenvalue weighted by Crippen LogP contribution is -2.15. The second-order valence-electron chi connectivity index (χ2n) is 5.72. The molecule has 0 aliphatic rings. The number of non-ortho nitro benzene ring substituents is 1. The number of alkyl halides is 3. The van der Waals surface area contributed by atoms with E-state index in [1.807, 2.05) is 0 Å². The van der Waals surface area contributed by atoms with Gasteiger partial charge in [-0.05, 0) is 48.7 Å². The molecule has 0 saturated heterocycles. The molecule has 2 aromatic rings. The molecule has 0 spiro atoms. The first-order valence-electron chi connectivity index (χ1n) is 7.44. The zero-order valence-electron chi connectivity index (χ0n) is 14.0. The highest BCUT2D eigenvalue weighted by Gasteiger charge is 2.33. The lowest BCUT2D eigenvalue weighted by Gasteiger charge is -2.16. The van der Waals surface area contributed by atoms with Gasteiger partial charge in [-0.25, -0.2) is 0 Å². The Morgan fingerprint density at radius 1 is 1.12 bits per heavy atom. The van der Waals surface area contributed by atoms with Crippen molar-refractivity contribution in [2.45, 2.75) is 20.0 Å². The van der Waals surface area contributed by atoms with Gasteiger partial charge in [-0.3, -0.25) is 14.9 Å². The Hall–Kier alpha value is -3.16. The van der Waals surface area contributed by atoms with Crippen molar-refractivity contribution in [3.8, 4) is 0 Å². The van der Waals surface area contributed by atoms with Crippen LogP contribution >= 0.6 is 0 Å². The van der Waals surface area contributed by atoms with Gasteiger partial charge in [0, 0.05) is 23.4 Å². The Kier molecular flexibility index (Phi) is 5.15. The maximum absolute atomic E-state index is 12.8. The molecule has 2 aromatic carbocycles. The van der Waals surface area contributed by atoms with Gasteiger partial charge in [-0.2, -0.15) is 13.2 Å². The fourth-order valence-electron chi connectivity index (χ4n) is 2.44. The number of aryl methyl sites for hydroxylation is 2. The molecule has 1 amide bonds. The van der Waals surface area contributed by atoms with Crippen molar-refractivity contribution in [3.05, 3.63) is 75.3 Å². The number of rotatable bonds is 4. The minimum absolute atomic E-state index is 0.0711. The Labute approximate surface area is 147 Å². The van der Waals surface area contributed by atoms with Crippen LogP contribution in [0, 0.1) is 24.0 Å². The fourth-order valence-corrected chi connectivity index (χ4v) is 2.44. The van der Waals surface area contributed by atoms with Crippen LogP contribution in [0.4, 0.5) is 24.5 Å². The molecular weight excluding hydrogens is 349 g/mol. The lowest BCUT2D eigenvalue weighted by atomic mass is 9.99. The van der Waals surface area contributed by atoms with Crippen molar-refractivity contribution in [2.75, 3.05) is 5.32 Å². The highest BCUT2D eigenvalue weighted by atomic mass is 19.4. The zero-order chi connectivity index (χ0) is 19.6. The molecule has 0 heterocycles. The third-order valence-corrected chi connectivity index (χ3v) is 3.78. The molecule has 0 saturated carbocycles. The maximum Gasteiger partial charge on any atom is 0.416 e. The van der Waals surface area contributed by atoms with E-state index in [4.69, 9.17) is 0 Å². The van der Waals surface area contributed by atoms with Crippen LogP contribution < -0.4 is 5.32 Å². The first kappa shape index (κ1) is 19.2. The molecule has 5 nitrogen and oxygen atoms in total. The van der Waals surface area contributed by atoms with Crippen LogP contribution in [0.25, 0.3) is 5.57 Å². The van der Waals surface area contributed by atoms with E-state index in [1.165, 1.54) is 30.3 Å². The van der Waals surface area contributed by atoms with E-state index in [1.54, 1.807) is 13.8 Å². The van der Waals surface area contributed by atoms with Crippen molar-refractivity contribution in [3.63, 3.8) is 0 Å².